The highest BCUT2D eigenvalue weighted by molar-refractivity contribution is 7.80. The van der Waals surface area contributed by atoms with Crippen LogP contribution in [0, 0.1) is 5.82 Å². The lowest BCUT2D eigenvalue weighted by atomic mass is 10.1. The van der Waals surface area contributed by atoms with Gasteiger partial charge in [0.2, 0.25) is 0 Å². The summed E-state index contributed by atoms with van der Waals surface area (Å²) in [6.45, 7) is 0.332. The zero-order chi connectivity index (χ0) is 11.7. The molecule has 0 radical (unpaired) electrons. The average Bonchev–Trinajstić information content (AvgIpc) is 2.35. The van der Waals surface area contributed by atoms with Gasteiger partial charge in [-0.15, -0.1) is 0 Å². The van der Waals surface area contributed by atoms with Crippen molar-refractivity contribution in [3.63, 3.8) is 0 Å². The molecule has 16 heavy (non-hydrogen) atoms. The van der Waals surface area contributed by atoms with E-state index in [0.29, 0.717) is 16.2 Å². The maximum absolute atomic E-state index is 13.0. The second kappa shape index (κ2) is 4.05. The summed E-state index contributed by atoms with van der Waals surface area (Å²) in [5.41, 5.74) is 1.25. The fraction of sp³-hybridized carbons (Fsp3) is 0.200. The number of carbonyl (C=O) groups is 1. The van der Waals surface area contributed by atoms with Crippen molar-refractivity contribution >= 4 is 29.0 Å². The second-order valence-electron chi connectivity index (χ2n) is 3.49. The highest BCUT2D eigenvalue weighted by atomic mass is 32.1. The topological polar surface area (TPSA) is 52.6 Å². The van der Waals surface area contributed by atoms with E-state index < -0.39 is 6.09 Å². The summed E-state index contributed by atoms with van der Waals surface area (Å²) in [6.07, 6.45) is -1.04. The van der Waals surface area contributed by atoms with Crippen LogP contribution in [-0.2, 0) is 6.54 Å². The first-order valence-corrected chi connectivity index (χ1v) is 5.03. The molecule has 2 rings (SSSR count). The Morgan fingerprint density at radius 2 is 2.25 bits per heavy atom. The quantitative estimate of drug-likeness (QED) is 0.681. The van der Waals surface area contributed by atoms with E-state index in [1.165, 1.54) is 17.0 Å². The minimum absolute atomic E-state index is 0.126. The molecule has 1 amide bonds. The molecule has 1 heterocycles. The Hall–Kier alpha value is -1.69. The number of carboxylic acid groups (broad SMARTS) is 1. The molecule has 0 fully saturated rings. The first kappa shape index (κ1) is 10.8. The summed E-state index contributed by atoms with van der Waals surface area (Å²) < 4.78 is 13.0. The van der Waals surface area contributed by atoms with Crippen LogP contribution in [0.1, 0.15) is 5.56 Å². The number of fused-ring (bicyclic) bond motifs is 1. The zero-order valence-electron chi connectivity index (χ0n) is 8.24. The first-order valence-electron chi connectivity index (χ1n) is 4.62. The first-order chi connectivity index (χ1) is 7.56. The molecule has 1 aliphatic heterocycles. The largest absolute Gasteiger partial charge is 0.465 e. The molecule has 84 valence electrons. The molecule has 0 aromatic heterocycles. The smallest absolute Gasteiger partial charge is 0.407 e. The summed E-state index contributed by atoms with van der Waals surface area (Å²) in [5, 5.41) is 11.8. The van der Waals surface area contributed by atoms with Gasteiger partial charge < -0.3 is 10.4 Å². The van der Waals surface area contributed by atoms with Gasteiger partial charge >= 0.3 is 6.09 Å². The Morgan fingerprint density at radius 3 is 2.94 bits per heavy atom. The molecule has 0 spiro atoms. The number of thiocarbonyl (C=S) groups is 1. The third-order valence-electron chi connectivity index (χ3n) is 2.31. The lowest BCUT2D eigenvalue weighted by Crippen LogP contribution is -2.33. The van der Waals surface area contributed by atoms with Crippen molar-refractivity contribution in [2.75, 3.05) is 11.9 Å². The maximum atomic E-state index is 13.0. The van der Waals surface area contributed by atoms with Crippen LogP contribution in [0.5, 0.6) is 0 Å². The van der Waals surface area contributed by atoms with Gasteiger partial charge in [0.05, 0.1) is 18.1 Å². The van der Waals surface area contributed by atoms with E-state index in [1.807, 2.05) is 0 Å². The lowest BCUT2D eigenvalue weighted by molar-refractivity contribution is 0.150. The average molecular weight is 240 g/mol. The predicted molar refractivity (Wildman–Crippen MR) is 61.1 cm³/mol. The fourth-order valence-corrected chi connectivity index (χ4v) is 1.83. The van der Waals surface area contributed by atoms with Crippen LogP contribution in [-0.4, -0.2) is 27.6 Å². The minimum atomic E-state index is -1.04. The van der Waals surface area contributed by atoms with Crippen molar-refractivity contribution in [3.8, 4) is 0 Å². The molecule has 4 nitrogen and oxygen atoms in total. The van der Waals surface area contributed by atoms with Crippen LogP contribution < -0.4 is 5.32 Å². The molecule has 0 bridgehead atoms. The molecule has 0 aliphatic carbocycles. The van der Waals surface area contributed by atoms with Crippen LogP contribution in [0.25, 0.3) is 0 Å². The third kappa shape index (κ3) is 2.11. The Kier molecular flexibility index (Phi) is 2.74. The van der Waals surface area contributed by atoms with Gasteiger partial charge in [-0.1, -0.05) is 18.3 Å². The van der Waals surface area contributed by atoms with Crippen LogP contribution in [0.2, 0.25) is 0 Å². The van der Waals surface area contributed by atoms with Crippen LogP contribution in [0.15, 0.2) is 18.2 Å². The van der Waals surface area contributed by atoms with Crippen molar-refractivity contribution in [3.05, 3.63) is 29.6 Å². The van der Waals surface area contributed by atoms with Gasteiger partial charge in [-0.25, -0.2) is 9.18 Å². The van der Waals surface area contributed by atoms with Crippen molar-refractivity contribution in [1.82, 2.24) is 4.90 Å². The summed E-state index contributed by atoms with van der Waals surface area (Å²) in [5.74, 6) is -0.377. The van der Waals surface area contributed by atoms with Crippen molar-refractivity contribution in [1.29, 1.82) is 0 Å². The Balaban J connectivity index is 2.39. The standard InChI is InChI=1S/C10H9FN2O2S/c11-7-2-1-6-4-13(10(14)15)5-9(16)12-8(6)3-7/h1-3H,4-5H2,(H,12,16)(H,14,15). The van der Waals surface area contributed by atoms with Gasteiger partial charge in [-0.2, -0.15) is 0 Å². The predicted octanol–water partition coefficient (Wildman–Crippen LogP) is 2.06. The Labute approximate surface area is 96.7 Å². The van der Waals surface area contributed by atoms with E-state index in [1.54, 1.807) is 6.07 Å². The van der Waals surface area contributed by atoms with Crippen LogP contribution in [0.3, 0.4) is 0 Å². The number of benzene rings is 1. The summed E-state index contributed by atoms with van der Waals surface area (Å²) in [7, 11) is 0. The van der Waals surface area contributed by atoms with E-state index in [-0.39, 0.29) is 18.9 Å². The fourth-order valence-electron chi connectivity index (χ4n) is 1.56. The molecule has 1 aromatic carbocycles. The molecular formula is C10H9FN2O2S. The monoisotopic (exact) mass is 240 g/mol. The molecule has 0 saturated heterocycles. The van der Waals surface area contributed by atoms with Gasteiger partial charge in [-0.3, -0.25) is 4.90 Å². The van der Waals surface area contributed by atoms with Gasteiger partial charge in [0.15, 0.2) is 0 Å². The van der Waals surface area contributed by atoms with E-state index in [2.05, 4.69) is 5.32 Å². The molecule has 0 atom stereocenters. The van der Waals surface area contributed by atoms with Crippen molar-refractivity contribution in [2.24, 2.45) is 0 Å². The maximum Gasteiger partial charge on any atom is 0.407 e. The zero-order valence-corrected chi connectivity index (χ0v) is 9.05. The molecule has 1 aromatic rings. The number of amides is 1. The lowest BCUT2D eigenvalue weighted by Gasteiger charge is -2.15. The number of hydrogen-bond acceptors (Lipinski definition) is 2. The van der Waals surface area contributed by atoms with Gasteiger partial charge in [-0.05, 0) is 17.7 Å². The number of nitrogens with one attached hydrogen (secondary N) is 1. The van der Waals surface area contributed by atoms with Crippen LogP contribution >= 0.6 is 12.2 Å². The number of rotatable bonds is 0. The summed E-state index contributed by atoms with van der Waals surface area (Å²) in [6, 6.07) is 4.17. The normalized spacial score (nSPS) is 15.1. The molecule has 1 aliphatic rings. The van der Waals surface area contributed by atoms with Gasteiger partial charge in [0.1, 0.15) is 5.82 Å². The minimum Gasteiger partial charge on any atom is -0.465 e. The molecule has 0 unspecified atom stereocenters. The van der Waals surface area contributed by atoms with Gasteiger partial charge in [0.25, 0.3) is 0 Å². The second-order valence-corrected chi connectivity index (χ2v) is 3.98. The molecular weight excluding hydrogens is 231 g/mol. The Bertz CT molecular complexity index is 464. The number of anilines is 1. The highest BCUT2D eigenvalue weighted by Crippen LogP contribution is 2.22. The van der Waals surface area contributed by atoms with Gasteiger partial charge in [0, 0.05) is 5.69 Å². The summed E-state index contributed by atoms with van der Waals surface area (Å²) >= 11 is 4.97. The number of nitrogens with zero attached hydrogens (tertiary/aromatic N) is 1. The summed E-state index contributed by atoms with van der Waals surface area (Å²) in [4.78, 5) is 12.4. The molecule has 2 N–H and O–H groups in total. The van der Waals surface area contributed by atoms with E-state index in [9.17, 15) is 9.18 Å². The van der Waals surface area contributed by atoms with E-state index in [0.717, 1.165) is 0 Å². The van der Waals surface area contributed by atoms with Crippen molar-refractivity contribution in [2.45, 2.75) is 6.54 Å². The van der Waals surface area contributed by atoms with Crippen LogP contribution in [0.4, 0.5) is 14.9 Å². The SMILES string of the molecule is O=C(O)N1CC(=S)Nc2cc(F)ccc2C1. The van der Waals surface area contributed by atoms with E-state index in [4.69, 9.17) is 17.3 Å². The number of halogens is 1. The van der Waals surface area contributed by atoms with Crippen molar-refractivity contribution < 1.29 is 14.3 Å². The highest BCUT2D eigenvalue weighted by Gasteiger charge is 2.20. The molecule has 6 heteroatoms. The third-order valence-corrected chi connectivity index (χ3v) is 2.54. The number of hydrogen-bond donors (Lipinski definition) is 2. The van der Waals surface area contributed by atoms with E-state index >= 15 is 0 Å². The molecule has 0 saturated carbocycles. The Morgan fingerprint density at radius 1 is 1.50 bits per heavy atom.